The zero-order chi connectivity index (χ0) is 8.27. The molecule has 0 radical (unpaired) electrons. The van der Waals surface area contributed by atoms with Gasteiger partial charge in [-0.3, -0.25) is 0 Å². The molecule has 1 rings (SSSR count). The highest BCUT2D eigenvalue weighted by atomic mass is 127. The maximum Gasteiger partial charge on any atom is 0.107 e. The molecule has 0 bridgehead atoms. The lowest BCUT2D eigenvalue weighted by atomic mass is 10.2. The molecule has 4 heteroatoms. The first-order valence-corrected chi connectivity index (χ1v) is 5.11. The average molecular weight is 327 g/mol. The number of pyridine rings is 1. The molecule has 1 aromatic rings. The minimum absolute atomic E-state index is 0.687. The molecular formula is C7H8BrIN2. The van der Waals surface area contributed by atoms with Gasteiger partial charge < -0.3 is 5.73 Å². The molecule has 0 unspecified atom stereocenters. The SMILES string of the molecule is NCCc1cc(Br)nc(I)c1. The van der Waals surface area contributed by atoms with Crippen molar-refractivity contribution < 1.29 is 0 Å². The molecule has 0 spiro atoms. The molecule has 0 aliphatic carbocycles. The Kier molecular flexibility index (Phi) is 3.74. The molecule has 0 aliphatic heterocycles. The molecule has 0 amide bonds. The van der Waals surface area contributed by atoms with Crippen molar-refractivity contribution in [2.45, 2.75) is 6.42 Å². The van der Waals surface area contributed by atoms with Crippen molar-refractivity contribution in [2.75, 3.05) is 6.54 Å². The fourth-order valence-corrected chi connectivity index (χ4v) is 2.30. The van der Waals surface area contributed by atoms with Gasteiger partial charge >= 0.3 is 0 Å². The van der Waals surface area contributed by atoms with E-state index in [1.54, 1.807) is 0 Å². The van der Waals surface area contributed by atoms with Gasteiger partial charge in [0.05, 0.1) is 0 Å². The van der Waals surface area contributed by atoms with E-state index in [2.05, 4.69) is 43.5 Å². The average Bonchev–Trinajstić information content (AvgIpc) is 1.85. The lowest BCUT2D eigenvalue weighted by Crippen LogP contribution is -2.03. The fourth-order valence-electron chi connectivity index (χ4n) is 0.825. The number of halogens is 2. The zero-order valence-corrected chi connectivity index (χ0v) is 9.59. The fraction of sp³-hybridized carbons (Fsp3) is 0.286. The Labute approximate surface area is 87.9 Å². The second-order valence-corrected chi connectivity index (χ2v) is 4.08. The minimum Gasteiger partial charge on any atom is -0.330 e. The lowest BCUT2D eigenvalue weighted by molar-refractivity contribution is 0.958. The number of nitrogens with zero attached hydrogens (tertiary/aromatic N) is 1. The van der Waals surface area contributed by atoms with Crippen LogP contribution in [-0.2, 0) is 6.42 Å². The molecule has 0 aromatic carbocycles. The lowest BCUT2D eigenvalue weighted by Gasteiger charge is -1.99. The van der Waals surface area contributed by atoms with Crippen LogP contribution in [0.15, 0.2) is 16.7 Å². The normalized spacial score (nSPS) is 10.1. The third kappa shape index (κ3) is 3.04. The molecule has 1 aromatic heterocycles. The monoisotopic (exact) mass is 326 g/mol. The maximum atomic E-state index is 5.42. The number of rotatable bonds is 2. The third-order valence-corrected chi connectivity index (χ3v) is 2.21. The van der Waals surface area contributed by atoms with Gasteiger partial charge in [-0.1, -0.05) is 0 Å². The highest BCUT2D eigenvalue weighted by Crippen LogP contribution is 2.13. The minimum atomic E-state index is 0.687. The van der Waals surface area contributed by atoms with E-state index in [0.29, 0.717) is 6.54 Å². The Balaban J connectivity index is 2.89. The Hall–Kier alpha value is 0.320. The van der Waals surface area contributed by atoms with Crippen LogP contribution in [0, 0.1) is 3.70 Å². The first-order valence-electron chi connectivity index (χ1n) is 3.24. The van der Waals surface area contributed by atoms with Crippen molar-refractivity contribution in [3.63, 3.8) is 0 Å². The molecule has 0 saturated carbocycles. The van der Waals surface area contributed by atoms with Gasteiger partial charge in [-0.05, 0) is 69.2 Å². The van der Waals surface area contributed by atoms with Gasteiger partial charge in [0, 0.05) is 0 Å². The topological polar surface area (TPSA) is 38.9 Å². The van der Waals surface area contributed by atoms with Gasteiger partial charge in [-0.2, -0.15) is 0 Å². The highest BCUT2D eigenvalue weighted by molar-refractivity contribution is 14.1. The Bertz CT molecular complexity index is 232. The summed E-state index contributed by atoms with van der Waals surface area (Å²) < 4.78 is 1.88. The van der Waals surface area contributed by atoms with E-state index < -0.39 is 0 Å². The summed E-state index contributed by atoms with van der Waals surface area (Å²) in [7, 11) is 0. The summed E-state index contributed by atoms with van der Waals surface area (Å²) in [5.74, 6) is 0. The molecule has 60 valence electrons. The molecule has 0 fully saturated rings. The van der Waals surface area contributed by atoms with E-state index >= 15 is 0 Å². The van der Waals surface area contributed by atoms with Gasteiger partial charge in [0.25, 0.3) is 0 Å². The van der Waals surface area contributed by atoms with E-state index in [1.165, 1.54) is 5.56 Å². The Morgan fingerprint density at radius 1 is 1.55 bits per heavy atom. The second-order valence-electron chi connectivity index (χ2n) is 2.16. The van der Waals surface area contributed by atoms with Crippen LogP contribution >= 0.6 is 38.5 Å². The molecule has 2 nitrogen and oxygen atoms in total. The molecule has 0 aliphatic rings. The van der Waals surface area contributed by atoms with Gasteiger partial charge in [0.15, 0.2) is 0 Å². The van der Waals surface area contributed by atoms with E-state index in [4.69, 9.17) is 5.73 Å². The molecular weight excluding hydrogens is 319 g/mol. The summed E-state index contributed by atoms with van der Waals surface area (Å²) in [6, 6.07) is 4.03. The van der Waals surface area contributed by atoms with Crippen LogP contribution in [0.2, 0.25) is 0 Å². The standard InChI is InChI=1S/C7H8BrIN2/c8-6-3-5(1-2-10)4-7(9)11-6/h3-4H,1-2,10H2. The first kappa shape index (κ1) is 9.41. The van der Waals surface area contributed by atoms with E-state index in [-0.39, 0.29) is 0 Å². The van der Waals surface area contributed by atoms with Gasteiger partial charge in [0.1, 0.15) is 8.30 Å². The number of nitrogens with two attached hydrogens (primary N) is 1. The maximum absolute atomic E-state index is 5.42. The van der Waals surface area contributed by atoms with E-state index in [0.717, 1.165) is 14.7 Å². The second kappa shape index (κ2) is 4.37. The molecule has 0 saturated heterocycles. The molecule has 11 heavy (non-hydrogen) atoms. The summed E-state index contributed by atoms with van der Waals surface area (Å²) in [5.41, 5.74) is 6.66. The zero-order valence-electron chi connectivity index (χ0n) is 5.85. The number of aromatic nitrogens is 1. The Morgan fingerprint density at radius 3 is 2.82 bits per heavy atom. The first-order chi connectivity index (χ1) is 5.22. The van der Waals surface area contributed by atoms with Crippen LogP contribution in [0.4, 0.5) is 0 Å². The quantitative estimate of drug-likeness (QED) is 0.666. The molecule has 0 atom stereocenters. The Morgan fingerprint density at radius 2 is 2.27 bits per heavy atom. The van der Waals surface area contributed by atoms with Crippen LogP contribution in [0.5, 0.6) is 0 Å². The van der Waals surface area contributed by atoms with Gasteiger partial charge in [0.2, 0.25) is 0 Å². The van der Waals surface area contributed by atoms with Crippen molar-refractivity contribution in [3.8, 4) is 0 Å². The summed E-state index contributed by atoms with van der Waals surface area (Å²) in [5, 5.41) is 0. The molecule has 2 N–H and O–H groups in total. The van der Waals surface area contributed by atoms with Crippen LogP contribution in [0.25, 0.3) is 0 Å². The highest BCUT2D eigenvalue weighted by Gasteiger charge is 1.96. The molecule has 1 heterocycles. The van der Waals surface area contributed by atoms with Gasteiger partial charge in [-0.15, -0.1) is 0 Å². The summed E-state index contributed by atoms with van der Waals surface area (Å²) in [6.07, 6.45) is 0.914. The third-order valence-electron chi connectivity index (χ3n) is 1.26. The number of hydrogen-bond donors (Lipinski definition) is 1. The van der Waals surface area contributed by atoms with Crippen molar-refractivity contribution in [3.05, 3.63) is 26.0 Å². The summed E-state index contributed by atoms with van der Waals surface area (Å²) in [6.45, 7) is 0.687. The summed E-state index contributed by atoms with van der Waals surface area (Å²) in [4.78, 5) is 4.18. The van der Waals surface area contributed by atoms with Crippen molar-refractivity contribution >= 4 is 38.5 Å². The largest absolute Gasteiger partial charge is 0.330 e. The van der Waals surface area contributed by atoms with Crippen LogP contribution in [-0.4, -0.2) is 11.5 Å². The van der Waals surface area contributed by atoms with Gasteiger partial charge in [-0.25, -0.2) is 4.98 Å². The van der Waals surface area contributed by atoms with Crippen molar-refractivity contribution in [1.82, 2.24) is 4.98 Å². The number of hydrogen-bond acceptors (Lipinski definition) is 2. The van der Waals surface area contributed by atoms with Crippen LogP contribution < -0.4 is 5.73 Å². The van der Waals surface area contributed by atoms with Crippen molar-refractivity contribution in [1.29, 1.82) is 0 Å². The van der Waals surface area contributed by atoms with E-state index in [1.807, 2.05) is 12.1 Å². The predicted molar refractivity (Wildman–Crippen MR) is 57.4 cm³/mol. The predicted octanol–water partition coefficient (Wildman–Crippen LogP) is 1.95. The van der Waals surface area contributed by atoms with Crippen LogP contribution in [0.1, 0.15) is 5.56 Å². The van der Waals surface area contributed by atoms with E-state index in [9.17, 15) is 0 Å². The smallest absolute Gasteiger partial charge is 0.107 e. The van der Waals surface area contributed by atoms with Crippen LogP contribution in [0.3, 0.4) is 0 Å². The van der Waals surface area contributed by atoms with Crippen molar-refractivity contribution in [2.24, 2.45) is 5.73 Å². The summed E-state index contributed by atoms with van der Waals surface area (Å²) >= 11 is 5.52.